The molecule has 2 heterocycles. The number of ether oxygens (including phenoxy) is 2. The molecule has 36 heavy (non-hydrogen) atoms. The fraction of sp³-hybridized carbons (Fsp3) is 0.500. The number of hydrogen-bond acceptors (Lipinski definition) is 10. The van der Waals surface area contributed by atoms with Gasteiger partial charge in [0, 0.05) is 12.3 Å². The summed E-state index contributed by atoms with van der Waals surface area (Å²) in [6.07, 6.45) is -2.88. The van der Waals surface area contributed by atoms with E-state index in [9.17, 15) is 24.1 Å². The first kappa shape index (κ1) is 27.8. The van der Waals surface area contributed by atoms with Crippen LogP contribution in [0.2, 0.25) is 0 Å². The van der Waals surface area contributed by atoms with Crippen LogP contribution in [0.15, 0.2) is 52.2 Å². The number of aliphatic hydroxyl groups is 1. The molecular weight excluding hydrogens is 495 g/mol. The van der Waals surface area contributed by atoms with Gasteiger partial charge in [-0.3, -0.25) is 23.7 Å². The first-order valence-corrected chi connectivity index (χ1v) is 12.8. The second-order valence-electron chi connectivity index (χ2n) is 8.89. The van der Waals surface area contributed by atoms with Gasteiger partial charge >= 0.3 is 19.4 Å². The number of para-hydroxylation sites is 1. The zero-order valence-electron chi connectivity index (χ0n) is 20.3. The molecule has 1 aliphatic rings. The highest BCUT2D eigenvalue weighted by molar-refractivity contribution is 7.52. The minimum atomic E-state index is -4.22. The Balaban J connectivity index is 1.80. The second kappa shape index (κ2) is 11.1. The van der Waals surface area contributed by atoms with Crippen LogP contribution in [0, 0.1) is 0 Å². The van der Waals surface area contributed by atoms with Crippen LogP contribution < -0.4 is 26.6 Å². The molecule has 1 unspecified atom stereocenters. The highest BCUT2D eigenvalue weighted by atomic mass is 31.2. The number of rotatable bonds is 10. The third-order valence-electron chi connectivity index (χ3n) is 5.36. The van der Waals surface area contributed by atoms with Gasteiger partial charge in [0.1, 0.15) is 24.0 Å². The molecular formula is C22H31N4O9P. The normalized spacial score (nSPS) is 26.4. The quantitative estimate of drug-likeness (QED) is 0.252. The van der Waals surface area contributed by atoms with E-state index in [-0.39, 0.29) is 5.75 Å². The molecule has 198 valence electrons. The first-order valence-electron chi connectivity index (χ1n) is 11.2. The highest BCUT2D eigenvalue weighted by Gasteiger charge is 2.52. The summed E-state index contributed by atoms with van der Waals surface area (Å²) < 4.78 is 36.7. The van der Waals surface area contributed by atoms with Gasteiger partial charge in [-0.15, -0.1) is 0 Å². The van der Waals surface area contributed by atoms with Crippen LogP contribution in [-0.2, 0) is 23.4 Å². The number of aromatic amines is 1. The van der Waals surface area contributed by atoms with E-state index in [4.69, 9.17) is 24.3 Å². The molecule has 2 aromatic rings. The third-order valence-corrected chi connectivity index (χ3v) is 7.01. The van der Waals surface area contributed by atoms with Gasteiger partial charge in [-0.25, -0.2) is 9.36 Å². The third kappa shape index (κ3) is 6.49. The van der Waals surface area contributed by atoms with Gasteiger partial charge in [-0.1, -0.05) is 18.2 Å². The molecule has 14 heteroatoms. The number of carbonyl (C=O) groups excluding carboxylic acids is 1. The summed E-state index contributed by atoms with van der Waals surface area (Å²) in [4.78, 5) is 38.0. The van der Waals surface area contributed by atoms with Gasteiger partial charge in [-0.2, -0.15) is 5.09 Å². The number of aromatic nitrogens is 2. The lowest BCUT2D eigenvalue weighted by Gasteiger charge is -2.28. The zero-order valence-corrected chi connectivity index (χ0v) is 21.2. The standard InChI is InChI=1S/C22H31N4O9P/c1-13(2)33-19(29)14(3)25-36(31,35-15-8-6-5-7-9-15)32-12-16-18(28)22(4,23)20(34-16)26-11-10-17(27)24-21(26)30/h5-11,13-14,16,18,20,28H,12,23H2,1-4H3,(H,25,31)(H,24,27,30)/t14-,16+,18+,20+,22+,36?/m0/s1. The van der Waals surface area contributed by atoms with Crippen molar-refractivity contribution in [1.29, 1.82) is 0 Å². The maximum Gasteiger partial charge on any atom is 0.459 e. The number of esters is 1. The van der Waals surface area contributed by atoms with Crippen molar-refractivity contribution in [2.45, 2.75) is 63.8 Å². The maximum atomic E-state index is 13.6. The number of benzene rings is 1. The van der Waals surface area contributed by atoms with Crippen molar-refractivity contribution in [3.8, 4) is 5.75 Å². The molecule has 1 fully saturated rings. The van der Waals surface area contributed by atoms with E-state index < -0.39 is 67.7 Å². The maximum absolute atomic E-state index is 13.6. The predicted molar refractivity (Wildman–Crippen MR) is 128 cm³/mol. The van der Waals surface area contributed by atoms with E-state index >= 15 is 0 Å². The number of nitrogens with zero attached hydrogens (tertiary/aromatic N) is 1. The second-order valence-corrected chi connectivity index (χ2v) is 10.6. The molecule has 0 aliphatic carbocycles. The SMILES string of the molecule is CC(C)OC(=O)[C@H](C)NP(=O)(OC[C@H]1O[C@@H](n2ccc(=O)[nH]c2=O)[C@](C)(N)[C@@H]1O)Oc1ccccc1. The summed E-state index contributed by atoms with van der Waals surface area (Å²) in [7, 11) is -4.22. The Hall–Kier alpha value is -2.80. The summed E-state index contributed by atoms with van der Waals surface area (Å²) in [6, 6.07) is 8.19. The van der Waals surface area contributed by atoms with Gasteiger partial charge in [0.25, 0.3) is 5.56 Å². The molecule has 1 aromatic carbocycles. The zero-order chi connectivity index (χ0) is 26.7. The van der Waals surface area contributed by atoms with Gasteiger partial charge in [0.15, 0.2) is 6.23 Å². The Morgan fingerprint density at radius 3 is 2.56 bits per heavy atom. The molecule has 1 aromatic heterocycles. The molecule has 1 saturated heterocycles. The Labute approximate surface area is 207 Å². The van der Waals surface area contributed by atoms with E-state index in [1.54, 1.807) is 44.2 Å². The fourth-order valence-corrected chi connectivity index (χ4v) is 5.05. The topological polar surface area (TPSA) is 184 Å². The lowest BCUT2D eigenvalue weighted by molar-refractivity contribution is -0.149. The summed E-state index contributed by atoms with van der Waals surface area (Å²) in [5, 5.41) is 13.3. The van der Waals surface area contributed by atoms with Crippen LogP contribution in [-0.4, -0.2) is 57.1 Å². The van der Waals surface area contributed by atoms with Gasteiger partial charge in [-0.05, 0) is 39.8 Å². The van der Waals surface area contributed by atoms with Crippen molar-refractivity contribution in [3.05, 3.63) is 63.4 Å². The molecule has 0 amide bonds. The Kier molecular flexibility index (Phi) is 8.55. The van der Waals surface area contributed by atoms with Crippen LogP contribution in [0.5, 0.6) is 5.75 Å². The van der Waals surface area contributed by atoms with Crippen LogP contribution in [0.25, 0.3) is 0 Å². The number of nitrogens with two attached hydrogens (primary N) is 1. The Morgan fingerprint density at radius 2 is 1.94 bits per heavy atom. The lowest BCUT2D eigenvalue weighted by atomic mass is 9.93. The van der Waals surface area contributed by atoms with Crippen LogP contribution in [0.3, 0.4) is 0 Å². The summed E-state index contributed by atoms with van der Waals surface area (Å²) >= 11 is 0. The van der Waals surface area contributed by atoms with E-state index in [0.717, 1.165) is 10.6 Å². The Morgan fingerprint density at radius 1 is 1.28 bits per heavy atom. The Bertz CT molecular complexity index is 1210. The van der Waals surface area contributed by atoms with Crippen LogP contribution >= 0.6 is 7.75 Å². The minimum absolute atomic E-state index is 0.201. The average molecular weight is 526 g/mol. The molecule has 0 saturated carbocycles. The van der Waals surface area contributed by atoms with Crippen molar-refractivity contribution in [2.75, 3.05) is 6.61 Å². The van der Waals surface area contributed by atoms with E-state index in [1.165, 1.54) is 20.0 Å². The highest BCUT2D eigenvalue weighted by Crippen LogP contribution is 2.46. The van der Waals surface area contributed by atoms with E-state index in [0.29, 0.717) is 0 Å². The summed E-state index contributed by atoms with van der Waals surface area (Å²) in [5.41, 5.74) is 3.39. The molecule has 0 spiro atoms. The smallest absolute Gasteiger partial charge is 0.459 e. The average Bonchev–Trinajstić information content (AvgIpc) is 3.01. The van der Waals surface area contributed by atoms with Gasteiger partial charge in [0.2, 0.25) is 0 Å². The van der Waals surface area contributed by atoms with Crippen molar-refractivity contribution in [3.63, 3.8) is 0 Å². The van der Waals surface area contributed by atoms with Gasteiger partial charge in [0.05, 0.1) is 18.2 Å². The molecule has 0 bridgehead atoms. The monoisotopic (exact) mass is 526 g/mol. The largest absolute Gasteiger partial charge is 0.462 e. The van der Waals surface area contributed by atoms with E-state index in [1.807, 2.05) is 0 Å². The molecule has 0 radical (unpaired) electrons. The predicted octanol–water partition coefficient (Wildman–Crippen LogP) is 0.646. The molecule has 5 N–H and O–H groups in total. The van der Waals surface area contributed by atoms with Crippen molar-refractivity contribution in [2.24, 2.45) is 5.73 Å². The van der Waals surface area contributed by atoms with Crippen LogP contribution in [0.1, 0.15) is 33.9 Å². The number of nitrogens with one attached hydrogen (secondary N) is 2. The number of hydrogen-bond donors (Lipinski definition) is 4. The molecule has 6 atom stereocenters. The molecule has 3 rings (SSSR count). The molecule has 13 nitrogen and oxygen atoms in total. The first-order chi connectivity index (χ1) is 16.8. The molecule has 1 aliphatic heterocycles. The number of aliphatic hydroxyl groups excluding tert-OH is 1. The van der Waals surface area contributed by atoms with Crippen molar-refractivity contribution < 1.29 is 33.0 Å². The summed E-state index contributed by atoms with van der Waals surface area (Å²) in [5.74, 6) is -0.471. The van der Waals surface area contributed by atoms with Crippen LogP contribution in [0.4, 0.5) is 0 Å². The minimum Gasteiger partial charge on any atom is -0.462 e. The summed E-state index contributed by atoms with van der Waals surface area (Å²) in [6.45, 7) is 5.77. The lowest BCUT2D eigenvalue weighted by Crippen LogP contribution is -2.53. The number of H-pyrrole nitrogens is 1. The number of carbonyl (C=O) groups is 1. The van der Waals surface area contributed by atoms with Gasteiger partial charge < -0.3 is 24.8 Å². The van der Waals surface area contributed by atoms with E-state index in [2.05, 4.69) is 10.1 Å². The fourth-order valence-electron chi connectivity index (χ4n) is 3.55. The van der Waals surface area contributed by atoms with Crippen molar-refractivity contribution in [1.82, 2.24) is 14.6 Å². The van der Waals surface area contributed by atoms with Crippen molar-refractivity contribution >= 4 is 13.7 Å².